The van der Waals surface area contributed by atoms with Crippen LogP contribution in [0.2, 0.25) is 0 Å². The lowest BCUT2D eigenvalue weighted by atomic mass is 10.2. The van der Waals surface area contributed by atoms with Gasteiger partial charge in [0, 0.05) is 50.2 Å². The van der Waals surface area contributed by atoms with Gasteiger partial charge in [0.05, 0.1) is 13.1 Å². The van der Waals surface area contributed by atoms with Crippen molar-refractivity contribution in [3.8, 4) is 0 Å². The van der Waals surface area contributed by atoms with Crippen molar-refractivity contribution in [2.45, 2.75) is 19.8 Å². The van der Waals surface area contributed by atoms with Crippen molar-refractivity contribution < 1.29 is 14.4 Å². The van der Waals surface area contributed by atoms with Gasteiger partial charge in [0.2, 0.25) is 11.8 Å². The topological polar surface area (TPSA) is 85.9 Å². The Balaban J connectivity index is 1.47. The quantitative estimate of drug-likeness (QED) is 0.828. The van der Waals surface area contributed by atoms with E-state index in [1.165, 1.54) is 16.2 Å². The molecule has 3 heterocycles. The van der Waals surface area contributed by atoms with Crippen molar-refractivity contribution in [1.82, 2.24) is 25.0 Å². The van der Waals surface area contributed by atoms with Gasteiger partial charge < -0.3 is 10.2 Å². The summed E-state index contributed by atoms with van der Waals surface area (Å²) in [4.78, 5) is 45.3. The first-order valence-corrected chi connectivity index (χ1v) is 8.90. The van der Waals surface area contributed by atoms with Gasteiger partial charge in [-0.15, -0.1) is 11.3 Å². The first-order valence-electron chi connectivity index (χ1n) is 8.02. The molecule has 9 heteroatoms. The highest BCUT2D eigenvalue weighted by Gasteiger charge is 2.29. The number of carbonyl (C=O) groups excluding carboxylic acids is 3. The molecule has 2 saturated heterocycles. The van der Waals surface area contributed by atoms with Crippen LogP contribution in [0.25, 0.3) is 0 Å². The van der Waals surface area contributed by atoms with Crippen LogP contribution in [0.4, 0.5) is 4.79 Å². The number of hydrogen-bond acceptors (Lipinski definition) is 6. The first-order chi connectivity index (χ1) is 11.5. The second-order valence-electron chi connectivity index (χ2n) is 6.00. The van der Waals surface area contributed by atoms with Crippen LogP contribution in [0.5, 0.6) is 0 Å². The molecule has 2 aliphatic rings. The lowest BCUT2D eigenvalue weighted by Crippen LogP contribution is -2.57. The Hall–Kier alpha value is -2.00. The number of aromatic nitrogens is 1. The molecule has 2 fully saturated rings. The lowest BCUT2D eigenvalue weighted by Gasteiger charge is -2.37. The van der Waals surface area contributed by atoms with E-state index < -0.39 is 0 Å². The number of imide groups is 1. The highest BCUT2D eigenvalue weighted by molar-refractivity contribution is 7.09. The van der Waals surface area contributed by atoms with E-state index in [0.29, 0.717) is 52.2 Å². The molecule has 1 aromatic rings. The zero-order chi connectivity index (χ0) is 17.1. The fraction of sp³-hybridized carbons (Fsp3) is 0.600. The van der Waals surface area contributed by atoms with Gasteiger partial charge in [0.15, 0.2) is 0 Å². The molecular formula is C15H21N5O3S. The molecule has 8 nitrogen and oxygen atoms in total. The Bertz CT molecular complexity index is 623. The van der Waals surface area contributed by atoms with Gasteiger partial charge in [-0.25, -0.2) is 9.78 Å². The van der Waals surface area contributed by atoms with E-state index >= 15 is 0 Å². The summed E-state index contributed by atoms with van der Waals surface area (Å²) in [5, 5.41) is 5.47. The second-order valence-corrected chi connectivity index (χ2v) is 6.95. The van der Waals surface area contributed by atoms with E-state index in [1.807, 2.05) is 22.1 Å². The molecule has 1 aromatic heterocycles. The Morgan fingerprint density at radius 2 is 2.04 bits per heavy atom. The summed E-state index contributed by atoms with van der Waals surface area (Å²) in [7, 11) is 0. The fourth-order valence-corrected chi connectivity index (χ4v) is 3.59. The maximum atomic E-state index is 12.3. The minimum atomic E-state index is -0.330. The predicted molar refractivity (Wildman–Crippen MR) is 88.4 cm³/mol. The summed E-state index contributed by atoms with van der Waals surface area (Å²) in [6, 6.07) is -0.330. The van der Waals surface area contributed by atoms with Gasteiger partial charge in [0.25, 0.3) is 0 Å². The standard InChI is InChI=1S/C15H21N5O3S/c1-11-9-24-12(17-11)8-14(22)19-6-4-18(5-7-19)10-20-13(21)2-3-16-15(20)23/h9H,2-8,10H2,1H3,(H,16,23). The molecular weight excluding hydrogens is 330 g/mol. The van der Waals surface area contributed by atoms with E-state index in [2.05, 4.69) is 10.3 Å². The Labute approximate surface area is 144 Å². The van der Waals surface area contributed by atoms with Gasteiger partial charge >= 0.3 is 6.03 Å². The average Bonchev–Trinajstić information content (AvgIpc) is 2.96. The van der Waals surface area contributed by atoms with Crippen molar-refractivity contribution in [2.75, 3.05) is 39.4 Å². The number of thiazole rings is 1. The van der Waals surface area contributed by atoms with Gasteiger partial charge in [-0.2, -0.15) is 0 Å². The van der Waals surface area contributed by atoms with E-state index in [0.717, 1.165) is 10.7 Å². The summed E-state index contributed by atoms with van der Waals surface area (Å²) >= 11 is 1.51. The molecule has 0 atom stereocenters. The van der Waals surface area contributed by atoms with Gasteiger partial charge in [-0.05, 0) is 6.92 Å². The third kappa shape index (κ3) is 3.90. The molecule has 0 unspecified atom stereocenters. The van der Waals surface area contributed by atoms with Crippen molar-refractivity contribution in [1.29, 1.82) is 0 Å². The van der Waals surface area contributed by atoms with Crippen molar-refractivity contribution >= 4 is 29.2 Å². The molecule has 4 amide bonds. The molecule has 0 aromatic carbocycles. The second kappa shape index (κ2) is 7.27. The molecule has 0 aliphatic carbocycles. The summed E-state index contributed by atoms with van der Waals surface area (Å²) in [5.41, 5.74) is 0.942. The van der Waals surface area contributed by atoms with Crippen LogP contribution in [-0.2, 0) is 16.0 Å². The fourth-order valence-electron chi connectivity index (χ4n) is 2.83. The Kier molecular flexibility index (Phi) is 5.10. The van der Waals surface area contributed by atoms with Crippen LogP contribution >= 0.6 is 11.3 Å². The molecule has 0 bridgehead atoms. The third-order valence-corrected chi connectivity index (χ3v) is 5.16. The average molecular weight is 351 g/mol. The van der Waals surface area contributed by atoms with Crippen molar-refractivity contribution in [3.05, 3.63) is 16.1 Å². The summed E-state index contributed by atoms with van der Waals surface area (Å²) < 4.78 is 0. The number of nitrogens with zero attached hydrogens (tertiary/aromatic N) is 4. The van der Waals surface area contributed by atoms with E-state index in [-0.39, 0.29) is 17.8 Å². The number of amides is 4. The molecule has 130 valence electrons. The third-order valence-electron chi connectivity index (χ3n) is 4.20. The van der Waals surface area contributed by atoms with Crippen LogP contribution in [0.1, 0.15) is 17.1 Å². The summed E-state index contributed by atoms with van der Waals surface area (Å²) in [5.74, 6) is -0.0628. The van der Waals surface area contributed by atoms with Gasteiger partial charge in [0.1, 0.15) is 5.01 Å². The van der Waals surface area contributed by atoms with E-state index in [9.17, 15) is 14.4 Å². The predicted octanol–water partition coefficient (Wildman–Crippen LogP) is 0.0376. The SMILES string of the molecule is Cc1csc(CC(=O)N2CCN(CN3C(=O)CCNC3=O)CC2)n1. The van der Waals surface area contributed by atoms with Gasteiger partial charge in [-0.3, -0.25) is 19.4 Å². The zero-order valence-corrected chi connectivity index (χ0v) is 14.5. The van der Waals surface area contributed by atoms with Crippen LogP contribution in [-0.4, -0.2) is 76.9 Å². The van der Waals surface area contributed by atoms with E-state index in [4.69, 9.17) is 0 Å². The Morgan fingerprint density at radius 1 is 1.29 bits per heavy atom. The molecule has 24 heavy (non-hydrogen) atoms. The minimum Gasteiger partial charge on any atom is -0.340 e. The van der Waals surface area contributed by atoms with Crippen LogP contribution in [0.3, 0.4) is 0 Å². The highest BCUT2D eigenvalue weighted by atomic mass is 32.1. The maximum absolute atomic E-state index is 12.3. The minimum absolute atomic E-state index is 0.0794. The Morgan fingerprint density at radius 3 is 2.67 bits per heavy atom. The normalized spacial score (nSPS) is 19.5. The lowest BCUT2D eigenvalue weighted by molar-refractivity contribution is -0.135. The number of hydrogen-bond donors (Lipinski definition) is 1. The molecule has 0 radical (unpaired) electrons. The number of rotatable bonds is 4. The number of urea groups is 1. The summed E-state index contributed by atoms with van der Waals surface area (Å²) in [6.07, 6.45) is 0.683. The molecule has 3 rings (SSSR count). The van der Waals surface area contributed by atoms with Gasteiger partial charge in [-0.1, -0.05) is 0 Å². The highest BCUT2D eigenvalue weighted by Crippen LogP contribution is 2.12. The molecule has 1 N–H and O–H groups in total. The largest absolute Gasteiger partial charge is 0.340 e. The van der Waals surface area contributed by atoms with Crippen LogP contribution < -0.4 is 5.32 Å². The molecule has 0 spiro atoms. The van der Waals surface area contributed by atoms with E-state index in [1.54, 1.807) is 0 Å². The number of piperazine rings is 1. The maximum Gasteiger partial charge on any atom is 0.325 e. The monoisotopic (exact) mass is 351 g/mol. The number of nitrogens with one attached hydrogen (secondary N) is 1. The number of aryl methyl sites for hydroxylation is 1. The number of carbonyl (C=O) groups is 3. The zero-order valence-electron chi connectivity index (χ0n) is 13.7. The molecule has 2 aliphatic heterocycles. The first kappa shape index (κ1) is 16.8. The van der Waals surface area contributed by atoms with Crippen LogP contribution in [0.15, 0.2) is 5.38 Å². The van der Waals surface area contributed by atoms with Crippen molar-refractivity contribution in [2.24, 2.45) is 0 Å². The van der Waals surface area contributed by atoms with Crippen LogP contribution in [0, 0.1) is 6.92 Å². The summed E-state index contributed by atoms with van der Waals surface area (Å²) in [6.45, 7) is 5.13. The smallest absolute Gasteiger partial charge is 0.325 e. The molecule has 0 saturated carbocycles. The van der Waals surface area contributed by atoms with Crippen molar-refractivity contribution in [3.63, 3.8) is 0 Å².